The van der Waals surface area contributed by atoms with E-state index in [4.69, 9.17) is 5.26 Å². The van der Waals surface area contributed by atoms with Gasteiger partial charge in [-0.05, 0) is 6.08 Å². The molecule has 0 aromatic heterocycles. The molecule has 0 N–H and O–H groups in total. The number of allylic oxidation sites excluding steroid dienone is 1. The van der Waals surface area contributed by atoms with Gasteiger partial charge in [-0.2, -0.15) is 5.26 Å². The number of carbonyl (C=O) groups excluding carboxylic acids is 3. The van der Waals surface area contributed by atoms with Gasteiger partial charge in [-0.25, -0.2) is 8.42 Å². The quantitative estimate of drug-likeness (QED) is 0.207. The predicted octanol–water partition coefficient (Wildman–Crippen LogP) is -10.2. The van der Waals surface area contributed by atoms with E-state index in [9.17, 15) is 33.0 Å². The van der Waals surface area contributed by atoms with Crippen LogP contribution >= 0.6 is 0 Å². The van der Waals surface area contributed by atoms with Crippen LogP contribution in [-0.4, -0.2) is 42.6 Å². The average Bonchev–Trinajstić information content (AvgIpc) is 2.53. The van der Waals surface area contributed by atoms with Crippen molar-refractivity contribution < 1.29 is 92.1 Å². The Balaban J connectivity index is 0.00000220. The Morgan fingerprint density at radius 2 is 1.82 bits per heavy atom. The fourth-order valence-electron chi connectivity index (χ4n) is 2.15. The first-order valence-corrected chi connectivity index (χ1v) is 6.57. The molecule has 0 saturated carbocycles. The van der Waals surface area contributed by atoms with Gasteiger partial charge in [-0.15, -0.1) is 0 Å². The molecule has 0 aromatic rings. The zero-order chi connectivity index (χ0) is 15.2. The van der Waals surface area contributed by atoms with Crippen LogP contribution in [0, 0.1) is 11.3 Å². The SMILES string of the molecule is N#C/C=C1/[C@H](C(=O)[O-])N2C(=O)/C(=C\C(=O)[O-])[C@H]2S1(=O)=O.[Na+].[Na+]. The number of aliphatic carboxylic acids is 2. The Morgan fingerprint density at radius 3 is 2.23 bits per heavy atom. The van der Waals surface area contributed by atoms with Crippen LogP contribution in [0.5, 0.6) is 0 Å². The van der Waals surface area contributed by atoms with Gasteiger partial charge >= 0.3 is 59.1 Å². The van der Waals surface area contributed by atoms with Crippen LogP contribution in [0.25, 0.3) is 0 Å². The molecule has 2 aliphatic heterocycles. The van der Waals surface area contributed by atoms with E-state index in [0.29, 0.717) is 17.1 Å². The summed E-state index contributed by atoms with van der Waals surface area (Å²) in [6, 6.07) is -0.563. The molecule has 0 bridgehead atoms. The third-order valence-corrected chi connectivity index (χ3v) is 4.94. The number of amides is 1. The van der Waals surface area contributed by atoms with E-state index in [1.807, 2.05) is 0 Å². The second kappa shape index (κ2) is 7.27. The number of carboxylic acid groups (broad SMARTS) is 2. The second-order valence-electron chi connectivity index (χ2n) is 3.93. The summed E-state index contributed by atoms with van der Waals surface area (Å²) in [6.07, 6.45) is 0.779. The second-order valence-corrected chi connectivity index (χ2v) is 5.93. The maximum atomic E-state index is 12.0. The molecule has 1 amide bonds. The minimum atomic E-state index is -4.35. The van der Waals surface area contributed by atoms with Crippen molar-refractivity contribution in [2.24, 2.45) is 0 Å². The predicted molar refractivity (Wildman–Crippen MR) is 55.1 cm³/mol. The summed E-state index contributed by atoms with van der Waals surface area (Å²) in [5.41, 5.74) is -0.613. The normalized spacial score (nSPS) is 28.0. The van der Waals surface area contributed by atoms with Crippen molar-refractivity contribution in [2.45, 2.75) is 11.4 Å². The minimum absolute atomic E-state index is 0. The Hall–Kier alpha value is -0.670. The zero-order valence-electron chi connectivity index (χ0n) is 11.5. The largest absolute Gasteiger partial charge is 1.00 e. The third-order valence-electron chi connectivity index (χ3n) is 2.87. The van der Waals surface area contributed by atoms with Crippen LogP contribution in [0.15, 0.2) is 22.6 Å². The molecular formula is C10H4N2Na2O7S. The van der Waals surface area contributed by atoms with Gasteiger partial charge in [0, 0.05) is 6.08 Å². The number of hydrogen-bond acceptors (Lipinski definition) is 8. The van der Waals surface area contributed by atoms with Crippen LogP contribution in [-0.2, 0) is 24.2 Å². The Kier molecular flexibility index (Phi) is 7.05. The first-order valence-electron chi connectivity index (χ1n) is 5.03. The first kappa shape index (κ1) is 21.3. The van der Waals surface area contributed by atoms with Gasteiger partial charge in [-0.1, -0.05) is 0 Å². The maximum absolute atomic E-state index is 12.0. The molecule has 2 atom stereocenters. The van der Waals surface area contributed by atoms with Crippen LogP contribution < -0.4 is 69.3 Å². The molecule has 2 heterocycles. The molecule has 2 rings (SSSR count). The van der Waals surface area contributed by atoms with Gasteiger partial charge in [0.25, 0.3) is 5.91 Å². The molecule has 0 spiro atoms. The van der Waals surface area contributed by atoms with Crippen molar-refractivity contribution in [1.82, 2.24) is 4.90 Å². The average molecular weight is 342 g/mol. The number of carbonyl (C=O) groups is 3. The molecule has 9 nitrogen and oxygen atoms in total. The van der Waals surface area contributed by atoms with E-state index < -0.39 is 49.6 Å². The summed E-state index contributed by atoms with van der Waals surface area (Å²) in [7, 11) is -4.35. The van der Waals surface area contributed by atoms with Crippen molar-refractivity contribution >= 4 is 27.7 Å². The maximum Gasteiger partial charge on any atom is 1.00 e. The number of β-lactam (4-membered cyclic amide) rings is 1. The fraction of sp³-hybridized carbons (Fsp3) is 0.200. The van der Waals surface area contributed by atoms with Gasteiger partial charge in [0.15, 0.2) is 5.37 Å². The number of rotatable bonds is 2. The summed E-state index contributed by atoms with van der Waals surface area (Å²) in [6.45, 7) is 0. The molecule has 2 aliphatic rings. The van der Waals surface area contributed by atoms with E-state index in [2.05, 4.69) is 0 Å². The number of hydrogen-bond donors (Lipinski definition) is 0. The molecule has 0 unspecified atom stereocenters. The Morgan fingerprint density at radius 1 is 1.27 bits per heavy atom. The van der Waals surface area contributed by atoms with E-state index >= 15 is 0 Å². The van der Waals surface area contributed by atoms with Crippen molar-refractivity contribution in [3.8, 4) is 6.07 Å². The van der Waals surface area contributed by atoms with E-state index in [1.165, 1.54) is 6.07 Å². The third kappa shape index (κ3) is 3.03. The molecule has 22 heavy (non-hydrogen) atoms. The van der Waals surface area contributed by atoms with Crippen LogP contribution in [0.1, 0.15) is 0 Å². The number of nitrogens with zero attached hydrogens (tertiary/aromatic N) is 2. The van der Waals surface area contributed by atoms with Crippen LogP contribution in [0.3, 0.4) is 0 Å². The number of carboxylic acids is 2. The topological polar surface area (TPSA) is 158 Å². The van der Waals surface area contributed by atoms with Gasteiger partial charge in [0.2, 0.25) is 9.84 Å². The number of sulfone groups is 1. The molecule has 104 valence electrons. The summed E-state index contributed by atoms with van der Waals surface area (Å²) in [5.74, 6) is -4.73. The summed E-state index contributed by atoms with van der Waals surface area (Å²) in [5, 5.41) is 28.2. The standard InChI is InChI=1S/C10H6N2O7S.2Na/c11-2-1-5-7(10(16)17)12-8(15)4(3-6(13)14)9(12)20(5,18)19;;/h1,3,7,9H,(H,13,14)(H,16,17);;/q;2*+1/p-2/b4-3+,5-1-;;/t7-,9-;;/m1../s1. The Labute approximate surface area is 168 Å². The summed E-state index contributed by atoms with van der Waals surface area (Å²) in [4.78, 5) is 32.7. The van der Waals surface area contributed by atoms with Gasteiger partial charge < -0.3 is 24.7 Å². The van der Waals surface area contributed by atoms with Crippen molar-refractivity contribution in [3.05, 3.63) is 22.6 Å². The molecule has 12 heteroatoms. The minimum Gasteiger partial charge on any atom is -0.547 e. The fourth-order valence-corrected chi connectivity index (χ4v) is 4.17. The zero-order valence-corrected chi connectivity index (χ0v) is 16.3. The molecule has 2 saturated heterocycles. The molecule has 2 fully saturated rings. The van der Waals surface area contributed by atoms with E-state index in [0.717, 1.165) is 0 Å². The summed E-state index contributed by atoms with van der Waals surface area (Å²) >= 11 is 0. The van der Waals surface area contributed by atoms with E-state index in [1.54, 1.807) is 0 Å². The van der Waals surface area contributed by atoms with Crippen LogP contribution in [0.2, 0.25) is 0 Å². The van der Waals surface area contributed by atoms with Gasteiger partial charge in [0.05, 0.1) is 28.5 Å². The molecule has 0 radical (unpaired) electrons. The monoisotopic (exact) mass is 342 g/mol. The molecular weight excluding hydrogens is 338 g/mol. The summed E-state index contributed by atoms with van der Waals surface area (Å²) < 4.78 is 24.1. The number of nitriles is 1. The van der Waals surface area contributed by atoms with E-state index in [-0.39, 0.29) is 59.1 Å². The smallest absolute Gasteiger partial charge is 0.547 e. The Bertz CT molecular complexity index is 750. The first-order chi connectivity index (χ1) is 9.23. The van der Waals surface area contributed by atoms with Crippen molar-refractivity contribution in [3.63, 3.8) is 0 Å². The van der Waals surface area contributed by atoms with Gasteiger partial charge in [-0.3, -0.25) is 4.79 Å². The number of fused-ring (bicyclic) bond motifs is 1. The molecule has 0 aliphatic carbocycles. The van der Waals surface area contributed by atoms with Crippen molar-refractivity contribution in [1.29, 1.82) is 5.26 Å². The van der Waals surface area contributed by atoms with Crippen molar-refractivity contribution in [2.75, 3.05) is 0 Å². The van der Waals surface area contributed by atoms with Gasteiger partial charge in [0.1, 0.15) is 6.04 Å². The molecule has 0 aromatic carbocycles. The van der Waals surface area contributed by atoms with Crippen LogP contribution in [0.4, 0.5) is 0 Å².